The van der Waals surface area contributed by atoms with E-state index in [1.54, 1.807) is 12.3 Å². The predicted octanol–water partition coefficient (Wildman–Crippen LogP) is 1.07. The maximum Gasteiger partial charge on any atom is 0.269 e. The van der Waals surface area contributed by atoms with Gasteiger partial charge in [0.1, 0.15) is 17.6 Å². The Bertz CT molecular complexity index is 819. The summed E-state index contributed by atoms with van der Waals surface area (Å²) in [5.41, 5.74) is 5.36. The Morgan fingerprint density at radius 3 is 3.04 bits per heavy atom. The number of aromatic amines is 1. The first-order chi connectivity index (χ1) is 12.4. The van der Waals surface area contributed by atoms with Crippen molar-refractivity contribution in [1.29, 1.82) is 0 Å². The molecule has 140 valence electrons. The van der Waals surface area contributed by atoms with Crippen LogP contribution in [0.15, 0.2) is 32.2 Å². The number of nitrogens with two attached hydrogens (primary N) is 1. The van der Waals surface area contributed by atoms with Gasteiger partial charge in [-0.15, -0.1) is 0 Å². The van der Waals surface area contributed by atoms with Crippen LogP contribution in [0.2, 0.25) is 0 Å². The molecule has 0 radical (unpaired) electrons. The molecule has 2 heterocycles. The molecule has 0 aromatic carbocycles. The molecule has 1 aromatic heterocycles. The van der Waals surface area contributed by atoms with Gasteiger partial charge in [0.15, 0.2) is 11.5 Å². The van der Waals surface area contributed by atoms with Crippen LogP contribution in [0.4, 0.5) is 5.95 Å². The van der Waals surface area contributed by atoms with E-state index in [-0.39, 0.29) is 18.0 Å². The van der Waals surface area contributed by atoms with Crippen molar-refractivity contribution in [2.45, 2.75) is 24.5 Å². The van der Waals surface area contributed by atoms with Crippen LogP contribution < -0.4 is 11.1 Å². The number of carbonyl (C=O) groups excluding carboxylic acids is 1. The molecule has 1 aliphatic carbocycles. The van der Waals surface area contributed by atoms with Crippen molar-refractivity contribution in [3.63, 3.8) is 0 Å². The number of hydrogen-bond acceptors (Lipinski definition) is 7. The number of ether oxygens (including phenoxy) is 1. The average Bonchev–Trinajstić information content (AvgIpc) is 3.21. The Labute approximate surface area is 166 Å². The van der Waals surface area contributed by atoms with E-state index in [2.05, 4.69) is 52.3 Å². The third kappa shape index (κ3) is 3.51. The molecule has 1 unspecified atom stereocenters. The maximum absolute atomic E-state index is 12.3. The summed E-state index contributed by atoms with van der Waals surface area (Å²) >= 11 is 6.70. The third-order valence-electron chi connectivity index (χ3n) is 4.07. The van der Waals surface area contributed by atoms with E-state index in [4.69, 9.17) is 15.3 Å². The number of aromatic nitrogens is 2. The Balaban J connectivity index is 1.61. The van der Waals surface area contributed by atoms with E-state index in [1.807, 2.05) is 0 Å². The summed E-state index contributed by atoms with van der Waals surface area (Å²) in [6.07, 6.45) is 2.89. The van der Waals surface area contributed by atoms with Crippen molar-refractivity contribution in [3.8, 4) is 0 Å². The van der Waals surface area contributed by atoms with Crippen LogP contribution in [0.3, 0.4) is 0 Å². The van der Waals surface area contributed by atoms with Crippen molar-refractivity contribution >= 4 is 49.4 Å². The Morgan fingerprint density at radius 2 is 2.38 bits per heavy atom. The summed E-state index contributed by atoms with van der Waals surface area (Å²) in [6.45, 7) is 0.381. The second kappa shape index (κ2) is 7.41. The summed E-state index contributed by atoms with van der Waals surface area (Å²) in [4.78, 5) is 24.5. The zero-order valence-electron chi connectivity index (χ0n) is 13.8. The zero-order chi connectivity index (χ0) is 18.9. The van der Waals surface area contributed by atoms with Gasteiger partial charge in [-0.2, -0.15) is 0 Å². The minimum atomic E-state index is -1.16. The molecule has 11 heteroatoms. The molecule has 3 rings (SSSR count). The number of carbonyl (C=O) groups is 1. The highest BCUT2D eigenvalue weighted by Crippen LogP contribution is 2.43. The number of oxime groups is 1. The van der Waals surface area contributed by atoms with Crippen molar-refractivity contribution < 1.29 is 19.5 Å². The lowest BCUT2D eigenvalue weighted by molar-refractivity contribution is -0.114. The number of H-pyrrole nitrogens is 1. The quantitative estimate of drug-likeness (QED) is 0.487. The van der Waals surface area contributed by atoms with Crippen LogP contribution in [0, 0.1) is 0 Å². The van der Waals surface area contributed by atoms with Crippen molar-refractivity contribution in [3.05, 3.63) is 32.7 Å². The first kappa shape index (κ1) is 18.9. The Morgan fingerprint density at radius 1 is 1.62 bits per heavy atom. The lowest BCUT2D eigenvalue weighted by atomic mass is 9.87. The lowest BCUT2D eigenvalue weighted by Gasteiger charge is -2.33. The molecule has 0 fully saturated rings. The van der Waals surface area contributed by atoms with Gasteiger partial charge in [0, 0.05) is 25.1 Å². The van der Waals surface area contributed by atoms with Crippen LogP contribution in [0.25, 0.3) is 0 Å². The van der Waals surface area contributed by atoms with E-state index < -0.39 is 11.7 Å². The molecule has 2 atom stereocenters. The SMILES string of the molecule is COC1=C(Br)C(O)[C@]2(C=C1Br)CC(C(=O)NCCc1cnc(N)[nH]1)=NO2. The molecule has 0 bridgehead atoms. The first-order valence-electron chi connectivity index (χ1n) is 7.69. The molecule has 0 saturated carbocycles. The highest BCUT2D eigenvalue weighted by Gasteiger charge is 2.50. The predicted molar refractivity (Wildman–Crippen MR) is 102 cm³/mol. The molecule has 2 aliphatic rings. The second-order valence-electron chi connectivity index (χ2n) is 5.84. The maximum atomic E-state index is 12.3. The second-order valence-corrected chi connectivity index (χ2v) is 7.55. The molecular formula is C15H17Br2N5O4. The fourth-order valence-electron chi connectivity index (χ4n) is 2.74. The van der Waals surface area contributed by atoms with Gasteiger partial charge in [0.25, 0.3) is 5.91 Å². The van der Waals surface area contributed by atoms with E-state index in [0.29, 0.717) is 33.6 Å². The summed E-state index contributed by atoms with van der Waals surface area (Å²) in [6, 6.07) is 0. The summed E-state index contributed by atoms with van der Waals surface area (Å²) in [7, 11) is 1.49. The molecule has 5 N–H and O–H groups in total. The van der Waals surface area contributed by atoms with Gasteiger partial charge in [-0.25, -0.2) is 4.98 Å². The van der Waals surface area contributed by atoms with E-state index in [1.165, 1.54) is 7.11 Å². The first-order valence-corrected chi connectivity index (χ1v) is 9.28. The fraction of sp³-hybridized carbons (Fsp3) is 0.400. The number of allylic oxidation sites excluding steroid dienone is 1. The summed E-state index contributed by atoms with van der Waals surface area (Å²) < 4.78 is 6.25. The molecule has 1 spiro atoms. The number of nitrogens with zero attached hydrogens (tertiary/aromatic N) is 2. The monoisotopic (exact) mass is 489 g/mol. The highest BCUT2D eigenvalue weighted by molar-refractivity contribution is 9.12. The topological polar surface area (TPSA) is 135 Å². The number of nitrogen functional groups attached to an aromatic ring is 1. The fourth-order valence-corrected chi connectivity index (χ4v) is 4.53. The highest BCUT2D eigenvalue weighted by atomic mass is 79.9. The van der Waals surface area contributed by atoms with Crippen LogP contribution in [-0.4, -0.2) is 52.1 Å². The van der Waals surface area contributed by atoms with Crippen LogP contribution in [0.5, 0.6) is 0 Å². The van der Waals surface area contributed by atoms with Gasteiger partial charge >= 0.3 is 0 Å². The van der Waals surface area contributed by atoms with E-state index in [0.717, 1.165) is 5.69 Å². The minimum Gasteiger partial charge on any atom is -0.495 e. The molecule has 1 amide bonds. The molecule has 1 aromatic rings. The number of aliphatic hydroxyl groups excluding tert-OH is 1. The van der Waals surface area contributed by atoms with Crippen LogP contribution >= 0.6 is 31.9 Å². The summed E-state index contributed by atoms with van der Waals surface area (Å²) in [5.74, 6) is 0.437. The summed E-state index contributed by atoms with van der Waals surface area (Å²) in [5, 5.41) is 17.2. The number of hydrogen-bond donors (Lipinski definition) is 4. The molecule has 9 nitrogen and oxygen atoms in total. The molecular weight excluding hydrogens is 474 g/mol. The van der Waals surface area contributed by atoms with Gasteiger partial charge < -0.3 is 30.7 Å². The number of imidazole rings is 1. The van der Waals surface area contributed by atoms with E-state index >= 15 is 0 Å². The number of methoxy groups -OCH3 is 1. The smallest absolute Gasteiger partial charge is 0.269 e. The van der Waals surface area contributed by atoms with Crippen LogP contribution in [0.1, 0.15) is 12.1 Å². The van der Waals surface area contributed by atoms with Crippen LogP contribution in [-0.2, 0) is 20.8 Å². The Hall–Kier alpha value is -1.85. The van der Waals surface area contributed by atoms with Gasteiger partial charge in [0.2, 0.25) is 0 Å². The van der Waals surface area contributed by atoms with Gasteiger partial charge in [-0.1, -0.05) is 5.16 Å². The van der Waals surface area contributed by atoms with Gasteiger partial charge in [0.05, 0.1) is 22.3 Å². The van der Waals surface area contributed by atoms with Gasteiger partial charge in [-0.3, -0.25) is 4.79 Å². The standard InChI is InChI=1S/C15H17Br2N5O4/c1-25-11-8(16)4-15(12(23)10(11)17)5-9(22-26-15)13(24)19-3-2-7-6-20-14(18)21-7/h4,6,12,23H,2-3,5H2,1H3,(H,19,24)(H3,18,20,21)/t12?,15-/m0/s1. The van der Waals surface area contributed by atoms with E-state index in [9.17, 15) is 9.90 Å². The number of nitrogens with one attached hydrogen (secondary N) is 2. The van der Waals surface area contributed by atoms with Gasteiger partial charge in [-0.05, 0) is 37.9 Å². The minimum absolute atomic E-state index is 0.123. The normalized spacial score (nSPS) is 25.0. The number of anilines is 1. The Kier molecular flexibility index (Phi) is 5.39. The number of amides is 1. The molecule has 0 saturated heterocycles. The van der Waals surface area contributed by atoms with Crippen molar-refractivity contribution in [1.82, 2.24) is 15.3 Å². The van der Waals surface area contributed by atoms with Crippen molar-refractivity contribution in [2.75, 3.05) is 19.4 Å². The molecule has 1 aliphatic heterocycles. The molecule has 26 heavy (non-hydrogen) atoms. The zero-order valence-corrected chi connectivity index (χ0v) is 16.9. The lowest BCUT2D eigenvalue weighted by Crippen LogP contribution is -2.45. The number of aliphatic hydroxyl groups is 1. The average molecular weight is 491 g/mol. The van der Waals surface area contributed by atoms with Crippen molar-refractivity contribution in [2.24, 2.45) is 5.16 Å². The number of halogens is 2. The third-order valence-corrected chi connectivity index (χ3v) is 5.45. The largest absolute Gasteiger partial charge is 0.495 e. The number of rotatable bonds is 5.